The number of carbonyl (C=O) groups is 3. The smallest absolute Gasteiger partial charge is 0.322 e. The lowest BCUT2D eigenvalue weighted by atomic mass is 9.76. The predicted octanol–water partition coefficient (Wildman–Crippen LogP) is 2.83. The summed E-state index contributed by atoms with van der Waals surface area (Å²) in [5.41, 5.74) is 1.49. The predicted molar refractivity (Wildman–Crippen MR) is 99.7 cm³/mol. The lowest BCUT2D eigenvalue weighted by Gasteiger charge is -2.30. The largest absolute Gasteiger partial charge is 0.480 e. The maximum atomic E-state index is 12.4. The molecule has 0 heterocycles. The lowest BCUT2D eigenvalue weighted by molar-refractivity contribution is -0.137. The number of carboxylic acids is 1. The minimum atomic E-state index is -1.07. The number of rotatable bonds is 7. The highest BCUT2D eigenvalue weighted by Crippen LogP contribution is 2.33. The average Bonchev–Trinajstić information content (AvgIpc) is 2.61. The van der Waals surface area contributed by atoms with Gasteiger partial charge >= 0.3 is 5.97 Å². The van der Waals surface area contributed by atoms with Gasteiger partial charge in [0, 0.05) is 11.6 Å². The van der Waals surface area contributed by atoms with Gasteiger partial charge in [-0.3, -0.25) is 14.4 Å². The molecule has 6 nitrogen and oxygen atoms in total. The zero-order valence-corrected chi connectivity index (χ0v) is 15.5. The molecule has 2 amide bonds. The van der Waals surface area contributed by atoms with Gasteiger partial charge in [-0.25, -0.2) is 0 Å². The van der Waals surface area contributed by atoms with Gasteiger partial charge < -0.3 is 15.7 Å². The van der Waals surface area contributed by atoms with E-state index in [1.54, 1.807) is 24.3 Å². The van der Waals surface area contributed by atoms with Crippen molar-refractivity contribution in [2.24, 2.45) is 17.8 Å². The van der Waals surface area contributed by atoms with Crippen molar-refractivity contribution < 1.29 is 19.5 Å². The Morgan fingerprint density at radius 3 is 2.23 bits per heavy atom. The monoisotopic (exact) mass is 360 g/mol. The number of hydrogen-bond acceptors (Lipinski definition) is 3. The summed E-state index contributed by atoms with van der Waals surface area (Å²) in [7, 11) is 0. The van der Waals surface area contributed by atoms with E-state index in [0.29, 0.717) is 5.92 Å². The van der Waals surface area contributed by atoms with Crippen molar-refractivity contribution >= 4 is 23.5 Å². The van der Waals surface area contributed by atoms with Crippen molar-refractivity contribution in [1.82, 2.24) is 5.32 Å². The van der Waals surface area contributed by atoms with E-state index in [9.17, 15) is 14.4 Å². The minimum Gasteiger partial charge on any atom is -0.480 e. The Labute approximate surface area is 154 Å². The molecule has 0 atom stereocenters. The Morgan fingerprint density at radius 2 is 1.69 bits per heavy atom. The summed E-state index contributed by atoms with van der Waals surface area (Å²) in [4.78, 5) is 34.5. The number of carbonyl (C=O) groups excluding carboxylic acids is 2. The first-order valence-corrected chi connectivity index (χ1v) is 9.23. The molecule has 0 aromatic heterocycles. The van der Waals surface area contributed by atoms with Gasteiger partial charge in [0.05, 0.1) is 6.42 Å². The number of carboxylic acid groups (broad SMARTS) is 1. The molecule has 1 fully saturated rings. The first-order chi connectivity index (χ1) is 12.3. The lowest BCUT2D eigenvalue weighted by Crippen LogP contribution is -2.30. The fourth-order valence-corrected chi connectivity index (χ4v) is 3.42. The molecule has 26 heavy (non-hydrogen) atoms. The van der Waals surface area contributed by atoms with Crippen LogP contribution in [0, 0.1) is 17.8 Å². The third kappa shape index (κ3) is 6.17. The molecule has 1 aliphatic carbocycles. The minimum absolute atomic E-state index is 0.0687. The van der Waals surface area contributed by atoms with Crippen LogP contribution in [0.5, 0.6) is 0 Å². The van der Waals surface area contributed by atoms with Crippen LogP contribution in [0.2, 0.25) is 0 Å². The van der Waals surface area contributed by atoms with Crippen LogP contribution in [0.15, 0.2) is 24.3 Å². The number of nitrogens with one attached hydrogen (secondary N) is 2. The Bertz CT molecular complexity index is 632. The second kappa shape index (κ2) is 9.36. The maximum Gasteiger partial charge on any atom is 0.322 e. The molecule has 0 saturated heterocycles. The molecule has 0 unspecified atom stereocenters. The van der Waals surface area contributed by atoms with E-state index < -0.39 is 5.97 Å². The van der Waals surface area contributed by atoms with E-state index in [1.165, 1.54) is 0 Å². The molecular formula is C20H28N2O4. The summed E-state index contributed by atoms with van der Waals surface area (Å²) in [5.74, 6) is 0.139. The van der Waals surface area contributed by atoms with Crippen molar-refractivity contribution in [1.29, 1.82) is 0 Å². The second-order valence-corrected chi connectivity index (χ2v) is 7.39. The quantitative estimate of drug-likeness (QED) is 0.697. The van der Waals surface area contributed by atoms with E-state index in [1.807, 2.05) is 0 Å². The van der Waals surface area contributed by atoms with Crippen LogP contribution in [-0.2, 0) is 20.8 Å². The summed E-state index contributed by atoms with van der Waals surface area (Å²) >= 11 is 0. The van der Waals surface area contributed by atoms with Crippen LogP contribution >= 0.6 is 0 Å². The van der Waals surface area contributed by atoms with Gasteiger partial charge in [0.25, 0.3) is 0 Å². The summed E-state index contributed by atoms with van der Waals surface area (Å²) in [6.45, 7) is 4.11. The van der Waals surface area contributed by atoms with Gasteiger partial charge in [-0.15, -0.1) is 0 Å². The van der Waals surface area contributed by atoms with E-state index in [4.69, 9.17) is 5.11 Å². The summed E-state index contributed by atoms with van der Waals surface area (Å²) in [6.07, 6.45) is 4.22. The SMILES string of the molecule is CC(C)C1CCC(C(=O)Nc2ccc(CC(=O)NCC(=O)O)cc2)CC1. The molecule has 0 aliphatic heterocycles. The molecule has 6 heteroatoms. The van der Waals surface area contributed by atoms with Crippen LogP contribution in [-0.4, -0.2) is 29.4 Å². The Balaban J connectivity index is 1.80. The van der Waals surface area contributed by atoms with Gasteiger partial charge in [0.15, 0.2) is 0 Å². The van der Waals surface area contributed by atoms with Crippen molar-refractivity contribution in [3.05, 3.63) is 29.8 Å². The summed E-state index contributed by atoms with van der Waals surface area (Å²) < 4.78 is 0. The molecule has 0 spiro atoms. The third-order valence-electron chi connectivity index (χ3n) is 5.11. The van der Waals surface area contributed by atoms with Gasteiger partial charge in [-0.05, 0) is 55.2 Å². The summed E-state index contributed by atoms with van der Waals surface area (Å²) in [5, 5.41) is 13.8. The van der Waals surface area contributed by atoms with Crippen LogP contribution in [0.4, 0.5) is 5.69 Å². The highest BCUT2D eigenvalue weighted by molar-refractivity contribution is 5.92. The van der Waals surface area contributed by atoms with E-state index in [0.717, 1.165) is 42.9 Å². The van der Waals surface area contributed by atoms with Crippen LogP contribution in [0.3, 0.4) is 0 Å². The molecule has 2 rings (SSSR count). The summed E-state index contributed by atoms with van der Waals surface area (Å²) in [6, 6.07) is 7.09. The highest BCUT2D eigenvalue weighted by Gasteiger charge is 2.27. The van der Waals surface area contributed by atoms with Gasteiger partial charge in [0.1, 0.15) is 6.54 Å². The molecule has 0 radical (unpaired) electrons. The number of anilines is 1. The first kappa shape index (κ1) is 19.9. The molecule has 1 aromatic carbocycles. The Morgan fingerprint density at radius 1 is 1.08 bits per heavy atom. The standard InChI is InChI=1S/C20H28N2O4/c1-13(2)15-5-7-16(8-6-15)20(26)22-17-9-3-14(4-10-17)11-18(23)21-12-19(24)25/h3-4,9-10,13,15-16H,5-8,11-12H2,1-2H3,(H,21,23)(H,22,26)(H,24,25). The molecule has 3 N–H and O–H groups in total. The average molecular weight is 360 g/mol. The molecule has 1 aliphatic rings. The van der Waals surface area contributed by atoms with Crippen molar-refractivity contribution in [2.45, 2.75) is 46.0 Å². The van der Waals surface area contributed by atoms with Gasteiger partial charge in [0.2, 0.25) is 11.8 Å². The van der Waals surface area contributed by atoms with Crippen LogP contribution in [0.1, 0.15) is 45.1 Å². The number of amides is 2. The van der Waals surface area contributed by atoms with Gasteiger partial charge in [-0.2, -0.15) is 0 Å². The zero-order chi connectivity index (χ0) is 19.1. The third-order valence-corrected chi connectivity index (χ3v) is 5.11. The van der Waals surface area contributed by atoms with Crippen molar-refractivity contribution in [3.8, 4) is 0 Å². The highest BCUT2D eigenvalue weighted by atomic mass is 16.4. The Hall–Kier alpha value is -2.37. The molecular weight excluding hydrogens is 332 g/mol. The molecule has 1 saturated carbocycles. The second-order valence-electron chi connectivity index (χ2n) is 7.39. The van der Waals surface area contributed by atoms with E-state index in [2.05, 4.69) is 24.5 Å². The molecule has 1 aromatic rings. The van der Waals surface area contributed by atoms with Gasteiger partial charge in [-0.1, -0.05) is 26.0 Å². The number of aliphatic carboxylic acids is 1. The van der Waals surface area contributed by atoms with E-state index >= 15 is 0 Å². The Kier molecular flexibility index (Phi) is 7.18. The number of benzene rings is 1. The zero-order valence-electron chi connectivity index (χ0n) is 15.5. The fourth-order valence-electron chi connectivity index (χ4n) is 3.42. The topological polar surface area (TPSA) is 95.5 Å². The van der Waals surface area contributed by atoms with Crippen LogP contribution in [0.25, 0.3) is 0 Å². The van der Waals surface area contributed by atoms with Crippen molar-refractivity contribution in [3.63, 3.8) is 0 Å². The number of hydrogen-bond donors (Lipinski definition) is 3. The molecule has 0 bridgehead atoms. The maximum absolute atomic E-state index is 12.4. The van der Waals surface area contributed by atoms with Crippen molar-refractivity contribution in [2.75, 3.05) is 11.9 Å². The molecule has 142 valence electrons. The van der Waals surface area contributed by atoms with Crippen LogP contribution < -0.4 is 10.6 Å². The fraction of sp³-hybridized carbons (Fsp3) is 0.550. The normalized spacial score (nSPS) is 19.8. The first-order valence-electron chi connectivity index (χ1n) is 9.23. The van der Waals surface area contributed by atoms with E-state index in [-0.39, 0.29) is 30.7 Å².